The van der Waals surface area contributed by atoms with Crippen molar-refractivity contribution in [2.45, 2.75) is 46.1 Å². The third-order valence-corrected chi connectivity index (χ3v) is 3.94. The molecule has 0 bridgehead atoms. The molecule has 0 aromatic carbocycles. The summed E-state index contributed by atoms with van der Waals surface area (Å²) in [5, 5.41) is 0. The smallest absolute Gasteiger partial charge is 0.0125 e. The largest absolute Gasteiger partial charge is 0.298 e. The molecular formula is C12H23N. The lowest BCUT2D eigenvalue weighted by atomic mass is 10.0. The van der Waals surface area contributed by atoms with Crippen LogP contribution in [0.2, 0.25) is 0 Å². The minimum Gasteiger partial charge on any atom is -0.298 e. The Morgan fingerprint density at radius 3 is 1.85 bits per heavy atom. The zero-order chi connectivity index (χ0) is 9.64. The summed E-state index contributed by atoms with van der Waals surface area (Å²) in [6.07, 6.45) is 2.97. The molecule has 0 N–H and O–H groups in total. The Hall–Kier alpha value is -0.0400. The Balaban J connectivity index is 1.98. The Kier molecular flexibility index (Phi) is 2.18. The van der Waals surface area contributed by atoms with E-state index in [4.69, 9.17) is 0 Å². The molecule has 1 saturated heterocycles. The predicted octanol–water partition coefficient (Wildman–Crippen LogP) is 2.76. The van der Waals surface area contributed by atoms with E-state index in [0.29, 0.717) is 5.54 Å². The maximum absolute atomic E-state index is 2.67. The summed E-state index contributed by atoms with van der Waals surface area (Å²) in [7, 11) is 0. The van der Waals surface area contributed by atoms with Crippen molar-refractivity contribution >= 4 is 0 Å². The number of nitrogens with zero attached hydrogens (tertiary/aromatic N) is 1. The number of rotatable bonds is 0. The number of likely N-dealkylation sites (tertiary alicyclic amines) is 1. The molecule has 0 amide bonds. The van der Waals surface area contributed by atoms with Gasteiger partial charge in [0.2, 0.25) is 0 Å². The number of fused-ring (bicyclic) bond motifs is 1. The highest BCUT2D eigenvalue weighted by atomic mass is 15.2. The SMILES string of the molecule is CC1C[C@@H]2CN(C(C)(C)C)C[C@@H]2C1. The molecule has 2 fully saturated rings. The maximum Gasteiger partial charge on any atom is 0.0125 e. The van der Waals surface area contributed by atoms with Gasteiger partial charge in [-0.05, 0) is 51.4 Å². The Bertz CT molecular complexity index is 178. The van der Waals surface area contributed by atoms with E-state index in [0.717, 1.165) is 17.8 Å². The van der Waals surface area contributed by atoms with E-state index >= 15 is 0 Å². The number of hydrogen-bond acceptors (Lipinski definition) is 1. The van der Waals surface area contributed by atoms with Gasteiger partial charge in [-0.15, -0.1) is 0 Å². The molecular weight excluding hydrogens is 158 g/mol. The van der Waals surface area contributed by atoms with Gasteiger partial charge in [-0.3, -0.25) is 4.90 Å². The quantitative estimate of drug-likeness (QED) is 0.555. The van der Waals surface area contributed by atoms with Crippen molar-refractivity contribution in [2.75, 3.05) is 13.1 Å². The summed E-state index contributed by atoms with van der Waals surface area (Å²) in [6.45, 7) is 12.2. The third-order valence-electron chi connectivity index (χ3n) is 3.94. The van der Waals surface area contributed by atoms with E-state index in [2.05, 4.69) is 32.6 Å². The van der Waals surface area contributed by atoms with Crippen molar-refractivity contribution in [1.82, 2.24) is 4.90 Å². The van der Waals surface area contributed by atoms with Crippen molar-refractivity contribution in [3.05, 3.63) is 0 Å². The normalized spacial score (nSPS) is 41.1. The van der Waals surface area contributed by atoms with Crippen molar-refractivity contribution < 1.29 is 0 Å². The van der Waals surface area contributed by atoms with Crippen LogP contribution < -0.4 is 0 Å². The summed E-state index contributed by atoms with van der Waals surface area (Å²) in [5.41, 5.74) is 0.396. The lowest BCUT2D eigenvalue weighted by Gasteiger charge is -2.32. The molecule has 2 rings (SSSR count). The zero-order valence-corrected chi connectivity index (χ0v) is 9.51. The fourth-order valence-electron chi connectivity index (χ4n) is 3.15. The molecule has 1 heteroatoms. The van der Waals surface area contributed by atoms with E-state index in [1.54, 1.807) is 0 Å². The van der Waals surface area contributed by atoms with Crippen LogP contribution in [0.4, 0.5) is 0 Å². The van der Waals surface area contributed by atoms with Crippen LogP contribution in [0.15, 0.2) is 0 Å². The molecule has 1 saturated carbocycles. The molecule has 1 unspecified atom stereocenters. The Labute approximate surface area is 82.5 Å². The highest BCUT2D eigenvalue weighted by Gasteiger charge is 2.42. The van der Waals surface area contributed by atoms with Gasteiger partial charge >= 0.3 is 0 Å². The summed E-state index contributed by atoms with van der Waals surface area (Å²) in [6, 6.07) is 0. The Morgan fingerprint density at radius 1 is 1.00 bits per heavy atom. The van der Waals surface area contributed by atoms with Gasteiger partial charge in [-0.2, -0.15) is 0 Å². The first-order chi connectivity index (χ1) is 5.97. The van der Waals surface area contributed by atoms with Gasteiger partial charge < -0.3 is 0 Å². The first-order valence-corrected chi connectivity index (χ1v) is 5.72. The molecule has 1 aliphatic heterocycles. The molecule has 3 atom stereocenters. The topological polar surface area (TPSA) is 3.24 Å². The molecule has 13 heavy (non-hydrogen) atoms. The second kappa shape index (κ2) is 2.98. The second-order valence-corrected chi connectivity index (χ2v) is 6.17. The molecule has 0 aromatic heterocycles. The van der Waals surface area contributed by atoms with E-state index in [1.807, 2.05) is 0 Å². The van der Waals surface area contributed by atoms with Crippen LogP contribution in [0, 0.1) is 17.8 Å². The molecule has 1 heterocycles. The predicted molar refractivity (Wildman–Crippen MR) is 56.7 cm³/mol. The van der Waals surface area contributed by atoms with Gasteiger partial charge in [-0.1, -0.05) is 6.92 Å². The molecule has 1 nitrogen and oxygen atoms in total. The lowest BCUT2D eigenvalue weighted by molar-refractivity contribution is 0.158. The van der Waals surface area contributed by atoms with Crippen molar-refractivity contribution in [3.8, 4) is 0 Å². The monoisotopic (exact) mass is 181 g/mol. The van der Waals surface area contributed by atoms with Gasteiger partial charge in [0.25, 0.3) is 0 Å². The highest BCUT2D eigenvalue weighted by molar-refractivity contribution is 4.94. The second-order valence-electron chi connectivity index (χ2n) is 6.17. The summed E-state index contributed by atoms with van der Waals surface area (Å²) in [4.78, 5) is 2.67. The fourth-order valence-corrected chi connectivity index (χ4v) is 3.15. The van der Waals surface area contributed by atoms with Gasteiger partial charge in [0, 0.05) is 18.6 Å². The minimum absolute atomic E-state index is 0.396. The van der Waals surface area contributed by atoms with Crippen molar-refractivity contribution in [3.63, 3.8) is 0 Å². The number of hydrogen-bond donors (Lipinski definition) is 0. The van der Waals surface area contributed by atoms with Crippen molar-refractivity contribution in [2.24, 2.45) is 17.8 Å². The first kappa shape index (κ1) is 9.51. The summed E-state index contributed by atoms with van der Waals surface area (Å²) in [5.74, 6) is 3.04. The van der Waals surface area contributed by atoms with E-state index in [9.17, 15) is 0 Å². The first-order valence-electron chi connectivity index (χ1n) is 5.72. The van der Waals surface area contributed by atoms with Crippen LogP contribution in [0.3, 0.4) is 0 Å². The Morgan fingerprint density at radius 2 is 1.46 bits per heavy atom. The van der Waals surface area contributed by atoms with Gasteiger partial charge in [0.05, 0.1) is 0 Å². The summed E-state index contributed by atoms with van der Waals surface area (Å²) < 4.78 is 0. The van der Waals surface area contributed by atoms with Crippen molar-refractivity contribution in [1.29, 1.82) is 0 Å². The molecule has 2 aliphatic rings. The minimum atomic E-state index is 0.396. The lowest BCUT2D eigenvalue weighted by Crippen LogP contribution is -2.40. The molecule has 0 aromatic rings. The fraction of sp³-hybridized carbons (Fsp3) is 1.00. The maximum atomic E-state index is 2.67. The van der Waals surface area contributed by atoms with E-state index in [1.165, 1.54) is 25.9 Å². The molecule has 76 valence electrons. The van der Waals surface area contributed by atoms with Crippen LogP contribution in [0.25, 0.3) is 0 Å². The van der Waals surface area contributed by atoms with Gasteiger partial charge in [0.15, 0.2) is 0 Å². The highest BCUT2D eigenvalue weighted by Crippen LogP contribution is 2.42. The zero-order valence-electron chi connectivity index (χ0n) is 9.51. The van der Waals surface area contributed by atoms with Crippen LogP contribution in [0.5, 0.6) is 0 Å². The van der Waals surface area contributed by atoms with Crippen LogP contribution in [-0.2, 0) is 0 Å². The molecule has 0 radical (unpaired) electrons. The van der Waals surface area contributed by atoms with E-state index in [-0.39, 0.29) is 0 Å². The van der Waals surface area contributed by atoms with Gasteiger partial charge in [-0.25, -0.2) is 0 Å². The van der Waals surface area contributed by atoms with E-state index < -0.39 is 0 Å². The average molecular weight is 181 g/mol. The third kappa shape index (κ3) is 1.76. The summed E-state index contributed by atoms with van der Waals surface area (Å²) >= 11 is 0. The van der Waals surface area contributed by atoms with Crippen LogP contribution in [0.1, 0.15) is 40.5 Å². The van der Waals surface area contributed by atoms with Gasteiger partial charge in [0.1, 0.15) is 0 Å². The van der Waals surface area contributed by atoms with Crippen LogP contribution >= 0.6 is 0 Å². The molecule has 0 spiro atoms. The average Bonchev–Trinajstić information content (AvgIpc) is 2.40. The standard InChI is InChI=1S/C12H23N/c1-9-5-10-7-13(12(2,3)4)8-11(10)6-9/h9-11H,5-8H2,1-4H3/t9?,10-,11+. The molecule has 1 aliphatic carbocycles. The van der Waals surface area contributed by atoms with Crippen LogP contribution in [-0.4, -0.2) is 23.5 Å².